The minimum absolute atomic E-state index is 0.0146. The van der Waals surface area contributed by atoms with Crippen molar-refractivity contribution < 1.29 is 13.2 Å². The van der Waals surface area contributed by atoms with Gasteiger partial charge < -0.3 is 5.32 Å². The predicted molar refractivity (Wildman–Crippen MR) is 133 cm³/mol. The highest BCUT2D eigenvalue weighted by Crippen LogP contribution is 2.33. The molecule has 2 aliphatic rings. The lowest BCUT2D eigenvalue weighted by molar-refractivity contribution is -0.137. The second-order valence-corrected chi connectivity index (χ2v) is 9.76. The summed E-state index contributed by atoms with van der Waals surface area (Å²) in [5, 5.41) is 9.49. The molecule has 180 valence electrons. The van der Waals surface area contributed by atoms with Crippen LogP contribution in [0.25, 0.3) is 5.69 Å². The number of hydrogen-bond donors (Lipinski definition) is 1. The molecular weight excluding hydrogens is 495 g/mol. The first-order valence-corrected chi connectivity index (χ1v) is 12.3. The number of benzene rings is 2. The zero-order chi connectivity index (χ0) is 24.6. The number of aromatic nitrogens is 3. The molecule has 2 aromatic carbocycles. The first-order valence-electron chi connectivity index (χ1n) is 11.0. The molecule has 3 aromatic rings. The van der Waals surface area contributed by atoms with E-state index in [-0.39, 0.29) is 12.0 Å². The molecule has 10 heteroatoms. The van der Waals surface area contributed by atoms with E-state index in [2.05, 4.69) is 27.5 Å². The number of alkyl halides is 3. The van der Waals surface area contributed by atoms with Crippen LogP contribution >= 0.6 is 23.4 Å². The van der Waals surface area contributed by atoms with Crippen molar-refractivity contribution in [2.45, 2.75) is 31.5 Å². The van der Waals surface area contributed by atoms with Gasteiger partial charge in [0, 0.05) is 22.4 Å². The maximum atomic E-state index is 12.8. The fourth-order valence-electron chi connectivity index (χ4n) is 3.89. The van der Waals surface area contributed by atoms with Crippen molar-refractivity contribution in [3.8, 4) is 5.69 Å². The van der Waals surface area contributed by atoms with E-state index in [1.54, 1.807) is 11.8 Å². The van der Waals surface area contributed by atoms with E-state index in [1.807, 2.05) is 31.2 Å². The lowest BCUT2D eigenvalue weighted by Gasteiger charge is -2.14. The van der Waals surface area contributed by atoms with Gasteiger partial charge in [-0.15, -0.1) is 0 Å². The third kappa shape index (κ3) is 5.31. The molecule has 0 bridgehead atoms. The molecule has 0 saturated carbocycles. The van der Waals surface area contributed by atoms with Crippen LogP contribution < -0.4 is 5.32 Å². The standard InChI is InChI=1S/C25H21ClF3N5S/c1-15-12-17(4-11-21(15)26)22-13-35-24(32-22)31-19-7-2-16(3-8-19)23-30-14-34(33-23)20-9-5-18(6-10-20)25(27,28)29/h2,4-12,14,16,22H,3,13H2,1H3,(H,31,32). The highest BCUT2D eigenvalue weighted by atomic mass is 35.5. The summed E-state index contributed by atoms with van der Waals surface area (Å²) in [6, 6.07) is 11.0. The van der Waals surface area contributed by atoms with Crippen LogP contribution in [0, 0.1) is 6.92 Å². The normalized spacial score (nSPS) is 20.0. The molecule has 0 fully saturated rings. The van der Waals surface area contributed by atoms with Crippen LogP contribution in [0.2, 0.25) is 5.02 Å². The van der Waals surface area contributed by atoms with Crippen LogP contribution in [0.4, 0.5) is 13.2 Å². The quantitative estimate of drug-likeness (QED) is 0.425. The molecule has 35 heavy (non-hydrogen) atoms. The molecule has 1 aliphatic carbocycles. The lowest BCUT2D eigenvalue weighted by atomic mass is 9.99. The second kappa shape index (κ2) is 9.54. The molecule has 2 unspecified atom stereocenters. The summed E-state index contributed by atoms with van der Waals surface area (Å²) in [4.78, 5) is 9.17. The SMILES string of the molecule is Cc1cc(C2CSC(NC3=CCC(c4ncn(-c5ccc(C(F)(F)F)cc5)n4)C=C3)=N2)ccc1Cl. The zero-order valence-electron chi connectivity index (χ0n) is 18.6. The second-order valence-electron chi connectivity index (χ2n) is 8.35. The maximum absolute atomic E-state index is 12.8. The smallest absolute Gasteiger partial charge is 0.335 e. The van der Waals surface area contributed by atoms with Crippen molar-refractivity contribution in [3.63, 3.8) is 0 Å². The van der Waals surface area contributed by atoms with E-state index in [0.29, 0.717) is 17.9 Å². The van der Waals surface area contributed by atoms with E-state index in [0.717, 1.165) is 44.9 Å². The van der Waals surface area contributed by atoms with Crippen LogP contribution in [-0.2, 0) is 6.18 Å². The van der Waals surface area contributed by atoms with E-state index < -0.39 is 11.7 Å². The summed E-state index contributed by atoms with van der Waals surface area (Å²) in [7, 11) is 0. The van der Waals surface area contributed by atoms with Gasteiger partial charge in [-0.2, -0.15) is 18.3 Å². The van der Waals surface area contributed by atoms with Crippen LogP contribution in [0.15, 0.2) is 77.7 Å². The fourth-order valence-corrected chi connectivity index (χ4v) is 4.98. The van der Waals surface area contributed by atoms with Gasteiger partial charge in [0.25, 0.3) is 0 Å². The van der Waals surface area contributed by atoms with Crippen LogP contribution in [0.1, 0.15) is 40.9 Å². The Bertz CT molecular complexity index is 1330. The third-order valence-electron chi connectivity index (χ3n) is 5.87. The van der Waals surface area contributed by atoms with Crippen molar-refractivity contribution in [2.75, 3.05) is 5.75 Å². The molecule has 5 nitrogen and oxygen atoms in total. The largest absolute Gasteiger partial charge is 0.416 e. The Morgan fingerprint density at radius 3 is 2.63 bits per heavy atom. The highest BCUT2D eigenvalue weighted by Gasteiger charge is 2.30. The van der Waals surface area contributed by atoms with Crippen molar-refractivity contribution >= 4 is 28.5 Å². The molecular formula is C25H21ClF3N5S. The van der Waals surface area contributed by atoms with Gasteiger partial charge >= 0.3 is 6.18 Å². The summed E-state index contributed by atoms with van der Waals surface area (Å²) in [6.45, 7) is 1.99. The van der Waals surface area contributed by atoms with Crippen molar-refractivity contribution in [1.82, 2.24) is 20.1 Å². The summed E-state index contributed by atoms with van der Waals surface area (Å²) in [5.74, 6) is 1.47. The molecule has 1 aromatic heterocycles. The van der Waals surface area contributed by atoms with Crippen molar-refractivity contribution in [3.05, 3.63) is 100 Å². The average molecular weight is 516 g/mol. The Balaban J connectivity index is 1.20. The Kier molecular flexibility index (Phi) is 6.46. The van der Waals surface area contributed by atoms with Gasteiger partial charge in [-0.1, -0.05) is 47.6 Å². The van der Waals surface area contributed by atoms with Crippen molar-refractivity contribution in [2.24, 2.45) is 4.99 Å². The molecule has 5 rings (SSSR count). The van der Waals surface area contributed by atoms with E-state index >= 15 is 0 Å². The monoisotopic (exact) mass is 515 g/mol. The summed E-state index contributed by atoms with van der Waals surface area (Å²) in [5.41, 5.74) is 2.99. The third-order valence-corrected chi connectivity index (χ3v) is 7.26. The van der Waals surface area contributed by atoms with Gasteiger partial charge in [0.1, 0.15) is 6.33 Å². The molecule has 0 radical (unpaired) electrons. The van der Waals surface area contributed by atoms with Crippen LogP contribution in [0.5, 0.6) is 0 Å². The molecule has 2 heterocycles. The zero-order valence-corrected chi connectivity index (χ0v) is 20.2. The number of aryl methyl sites for hydroxylation is 1. The Hall–Kier alpha value is -3.04. The van der Waals surface area contributed by atoms with E-state index in [1.165, 1.54) is 23.1 Å². The molecule has 1 N–H and O–H groups in total. The number of allylic oxidation sites excluding steroid dienone is 3. The number of halogens is 4. The van der Waals surface area contributed by atoms with Gasteiger partial charge in [0.15, 0.2) is 11.0 Å². The van der Waals surface area contributed by atoms with Gasteiger partial charge in [-0.25, -0.2) is 9.67 Å². The van der Waals surface area contributed by atoms with E-state index in [4.69, 9.17) is 16.6 Å². The van der Waals surface area contributed by atoms with Crippen LogP contribution in [0.3, 0.4) is 0 Å². The first-order chi connectivity index (χ1) is 16.8. The fraction of sp³-hybridized carbons (Fsp3) is 0.240. The van der Waals surface area contributed by atoms with Gasteiger partial charge in [0.2, 0.25) is 0 Å². The minimum atomic E-state index is -4.37. The topological polar surface area (TPSA) is 55.1 Å². The molecule has 0 saturated heterocycles. The number of nitrogens with zero attached hydrogens (tertiary/aromatic N) is 4. The number of rotatable bonds is 4. The number of amidine groups is 1. The van der Waals surface area contributed by atoms with Gasteiger partial charge in [-0.3, -0.25) is 4.99 Å². The number of aliphatic imine (C=N–C) groups is 1. The minimum Gasteiger partial charge on any atom is -0.335 e. The number of nitrogens with one attached hydrogen (secondary N) is 1. The Labute approximate surface area is 209 Å². The predicted octanol–water partition coefficient (Wildman–Crippen LogP) is 6.61. The van der Waals surface area contributed by atoms with E-state index in [9.17, 15) is 13.2 Å². The Morgan fingerprint density at radius 1 is 1.14 bits per heavy atom. The van der Waals surface area contributed by atoms with Crippen molar-refractivity contribution in [1.29, 1.82) is 0 Å². The maximum Gasteiger partial charge on any atom is 0.416 e. The summed E-state index contributed by atoms with van der Waals surface area (Å²) >= 11 is 7.82. The lowest BCUT2D eigenvalue weighted by Crippen LogP contribution is -2.19. The highest BCUT2D eigenvalue weighted by molar-refractivity contribution is 8.14. The summed E-state index contributed by atoms with van der Waals surface area (Å²) in [6.07, 6.45) is 3.94. The van der Waals surface area contributed by atoms with Crippen LogP contribution in [-0.4, -0.2) is 25.7 Å². The molecule has 0 spiro atoms. The Morgan fingerprint density at radius 2 is 1.94 bits per heavy atom. The molecule has 2 atom stereocenters. The van der Waals surface area contributed by atoms with Gasteiger partial charge in [-0.05, 0) is 60.9 Å². The van der Waals surface area contributed by atoms with Gasteiger partial charge in [0.05, 0.1) is 17.3 Å². The molecule has 0 amide bonds. The average Bonchev–Trinajstić information content (AvgIpc) is 3.51. The molecule has 1 aliphatic heterocycles. The number of thioether (sulfide) groups is 1. The number of hydrogen-bond acceptors (Lipinski definition) is 5. The first kappa shape index (κ1) is 23.7. The summed E-state index contributed by atoms with van der Waals surface area (Å²) < 4.78 is 39.9.